The largest absolute Gasteiger partial charge is 0.340 e. The fourth-order valence-electron chi connectivity index (χ4n) is 4.47. The van der Waals surface area contributed by atoms with Crippen molar-refractivity contribution in [2.24, 2.45) is 0 Å². The van der Waals surface area contributed by atoms with Gasteiger partial charge in [-0.15, -0.1) is 0 Å². The van der Waals surface area contributed by atoms with Gasteiger partial charge in [0, 0.05) is 12.6 Å². The van der Waals surface area contributed by atoms with Crippen molar-refractivity contribution in [1.82, 2.24) is 19.8 Å². The average molecular weight is 340 g/mol. The van der Waals surface area contributed by atoms with E-state index in [1.165, 1.54) is 19.3 Å². The van der Waals surface area contributed by atoms with Gasteiger partial charge in [0.2, 0.25) is 5.91 Å². The molecule has 4 rings (SSSR count). The van der Waals surface area contributed by atoms with Crippen LogP contribution in [0.25, 0.3) is 11.0 Å². The summed E-state index contributed by atoms with van der Waals surface area (Å²) in [6.07, 6.45) is 6.95. The lowest BCUT2D eigenvalue weighted by molar-refractivity contribution is -0.134. The maximum Gasteiger partial charge on any atom is 0.237 e. The number of nitrogens with zero attached hydrogens (tertiary/aromatic N) is 3. The molecule has 5 nitrogen and oxygen atoms in total. The zero-order valence-corrected chi connectivity index (χ0v) is 15.1. The van der Waals surface area contributed by atoms with E-state index in [1.54, 1.807) is 0 Å². The summed E-state index contributed by atoms with van der Waals surface area (Å²) < 4.78 is 0. The number of nitrogens with one attached hydrogen (secondary N) is 1. The maximum atomic E-state index is 13.0. The second kappa shape index (κ2) is 7.16. The number of H-pyrrole nitrogens is 1. The number of para-hydroxylation sites is 2. The van der Waals surface area contributed by atoms with Gasteiger partial charge in [0.1, 0.15) is 5.82 Å². The molecule has 2 aliphatic heterocycles. The number of hydrogen-bond donors (Lipinski definition) is 1. The molecule has 0 saturated carbocycles. The van der Waals surface area contributed by atoms with Crippen LogP contribution in [0.15, 0.2) is 24.3 Å². The standard InChI is InChI=1S/C20H28N4O/c1-2-15-8-5-6-12-23(15)14-19(25)24-13-7-11-18(24)20-21-16-9-3-4-10-17(16)22-20/h3-4,9-10,15,18H,2,5-8,11-14H2,1H3,(H,21,22)/t15-,18-/m0/s1. The van der Waals surface area contributed by atoms with Gasteiger partial charge in [0.05, 0.1) is 23.6 Å². The van der Waals surface area contributed by atoms with Crippen LogP contribution in [0, 0.1) is 0 Å². The zero-order valence-electron chi connectivity index (χ0n) is 15.1. The lowest BCUT2D eigenvalue weighted by atomic mass is 10.00. The Hall–Kier alpha value is -1.88. The summed E-state index contributed by atoms with van der Waals surface area (Å²) in [5.41, 5.74) is 2.04. The van der Waals surface area contributed by atoms with Crippen LogP contribution in [0.5, 0.6) is 0 Å². The van der Waals surface area contributed by atoms with E-state index in [0.29, 0.717) is 12.6 Å². The van der Waals surface area contributed by atoms with E-state index in [4.69, 9.17) is 4.98 Å². The van der Waals surface area contributed by atoms with Crippen LogP contribution in [0.1, 0.15) is 57.3 Å². The van der Waals surface area contributed by atoms with Crippen molar-refractivity contribution in [3.63, 3.8) is 0 Å². The minimum Gasteiger partial charge on any atom is -0.340 e. The molecule has 1 aromatic carbocycles. The number of hydrogen-bond acceptors (Lipinski definition) is 3. The molecular formula is C20H28N4O. The lowest BCUT2D eigenvalue weighted by Crippen LogP contribution is -2.46. The first-order valence-corrected chi connectivity index (χ1v) is 9.74. The molecule has 1 aromatic heterocycles. The summed E-state index contributed by atoms with van der Waals surface area (Å²) in [5, 5.41) is 0. The number of likely N-dealkylation sites (tertiary alicyclic amines) is 2. The van der Waals surface area contributed by atoms with E-state index in [2.05, 4.69) is 21.7 Å². The minimum absolute atomic E-state index is 0.102. The molecule has 2 saturated heterocycles. The van der Waals surface area contributed by atoms with Gasteiger partial charge in [-0.25, -0.2) is 4.98 Å². The minimum atomic E-state index is 0.102. The SMILES string of the molecule is CC[C@H]1CCCCN1CC(=O)N1CCC[C@H]1c1nc2ccccc2[nH]1. The van der Waals surface area contributed by atoms with Crippen LogP contribution in [-0.2, 0) is 4.79 Å². The predicted molar refractivity (Wildman–Crippen MR) is 99.3 cm³/mol. The molecule has 0 unspecified atom stereocenters. The third-order valence-electron chi connectivity index (χ3n) is 5.86. The zero-order chi connectivity index (χ0) is 17.2. The smallest absolute Gasteiger partial charge is 0.237 e. The Balaban J connectivity index is 1.49. The molecule has 1 amide bonds. The fraction of sp³-hybridized carbons (Fsp3) is 0.600. The van der Waals surface area contributed by atoms with Gasteiger partial charge in [-0.1, -0.05) is 25.5 Å². The van der Waals surface area contributed by atoms with Gasteiger partial charge >= 0.3 is 0 Å². The van der Waals surface area contributed by atoms with Crippen molar-refractivity contribution >= 4 is 16.9 Å². The van der Waals surface area contributed by atoms with Crippen molar-refractivity contribution < 1.29 is 4.79 Å². The van der Waals surface area contributed by atoms with E-state index in [9.17, 15) is 4.79 Å². The molecule has 3 heterocycles. The number of amides is 1. The molecule has 0 spiro atoms. The second-order valence-electron chi connectivity index (χ2n) is 7.41. The molecule has 25 heavy (non-hydrogen) atoms. The fourth-order valence-corrected chi connectivity index (χ4v) is 4.47. The third-order valence-corrected chi connectivity index (χ3v) is 5.86. The van der Waals surface area contributed by atoms with Crippen LogP contribution < -0.4 is 0 Å². The number of imidazole rings is 1. The van der Waals surface area contributed by atoms with Crippen molar-refractivity contribution in [2.75, 3.05) is 19.6 Å². The Bertz CT molecular complexity index is 707. The van der Waals surface area contributed by atoms with Crippen LogP contribution >= 0.6 is 0 Å². The first kappa shape index (κ1) is 16.6. The Labute approximate surface area is 149 Å². The Kier molecular flexibility index (Phi) is 4.75. The van der Waals surface area contributed by atoms with Gasteiger partial charge in [-0.2, -0.15) is 0 Å². The van der Waals surface area contributed by atoms with Gasteiger partial charge in [-0.3, -0.25) is 9.69 Å². The first-order valence-electron chi connectivity index (χ1n) is 9.74. The highest BCUT2D eigenvalue weighted by molar-refractivity contribution is 5.79. The van der Waals surface area contributed by atoms with Gasteiger partial charge in [-0.05, 0) is 50.8 Å². The van der Waals surface area contributed by atoms with Gasteiger partial charge in [0.25, 0.3) is 0 Å². The van der Waals surface area contributed by atoms with Crippen LogP contribution in [0.4, 0.5) is 0 Å². The number of benzene rings is 1. The van der Waals surface area contributed by atoms with E-state index >= 15 is 0 Å². The van der Waals surface area contributed by atoms with E-state index in [1.807, 2.05) is 24.3 Å². The van der Waals surface area contributed by atoms with Crippen LogP contribution in [0.3, 0.4) is 0 Å². The Morgan fingerprint density at radius 1 is 1.20 bits per heavy atom. The molecule has 134 valence electrons. The highest BCUT2D eigenvalue weighted by Gasteiger charge is 2.34. The van der Waals surface area contributed by atoms with Gasteiger partial charge < -0.3 is 9.88 Å². The maximum absolute atomic E-state index is 13.0. The van der Waals surface area contributed by atoms with Crippen LogP contribution in [0.2, 0.25) is 0 Å². The van der Waals surface area contributed by atoms with E-state index in [0.717, 1.165) is 49.2 Å². The molecule has 0 bridgehead atoms. The molecule has 2 atom stereocenters. The van der Waals surface area contributed by atoms with Crippen molar-refractivity contribution in [1.29, 1.82) is 0 Å². The summed E-state index contributed by atoms with van der Waals surface area (Å²) in [6.45, 7) is 4.72. The molecule has 2 aromatic rings. The highest BCUT2D eigenvalue weighted by atomic mass is 16.2. The highest BCUT2D eigenvalue weighted by Crippen LogP contribution is 2.32. The molecule has 0 aliphatic carbocycles. The summed E-state index contributed by atoms with van der Waals surface area (Å²) in [5.74, 6) is 1.21. The first-order chi connectivity index (χ1) is 12.3. The number of carbonyl (C=O) groups is 1. The number of aromatic nitrogens is 2. The molecule has 1 N–H and O–H groups in total. The molecule has 5 heteroatoms. The number of piperidine rings is 1. The number of fused-ring (bicyclic) bond motifs is 1. The number of aromatic amines is 1. The quantitative estimate of drug-likeness (QED) is 0.927. The molecular weight excluding hydrogens is 312 g/mol. The second-order valence-corrected chi connectivity index (χ2v) is 7.41. The Morgan fingerprint density at radius 3 is 2.92 bits per heavy atom. The average Bonchev–Trinajstić information content (AvgIpc) is 3.28. The summed E-state index contributed by atoms with van der Waals surface area (Å²) >= 11 is 0. The predicted octanol–water partition coefficient (Wildman–Crippen LogP) is 3.49. The summed E-state index contributed by atoms with van der Waals surface area (Å²) in [4.78, 5) is 25.6. The van der Waals surface area contributed by atoms with Gasteiger partial charge in [0.15, 0.2) is 0 Å². The monoisotopic (exact) mass is 340 g/mol. The number of carbonyl (C=O) groups excluding carboxylic acids is 1. The van der Waals surface area contributed by atoms with E-state index < -0.39 is 0 Å². The molecule has 2 fully saturated rings. The summed E-state index contributed by atoms with van der Waals surface area (Å²) in [7, 11) is 0. The summed E-state index contributed by atoms with van der Waals surface area (Å²) in [6, 6.07) is 8.77. The topological polar surface area (TPSA) is 52.2 Å². The molecule has 2 aliphatic rings. The number of rotatable bonds is 4. The van der Waals surface area contributed by atoms with Crippen LogP contribution in [-0.4, -0.2) is 51.4 Å². The third kappa shape index (κ3) is 3.30. The Morgan fingerprint density at radius 2 is 2.08 bits per heavy atom. The normalized spacial score (nSPS) is 24.9. The van der Waals surface area contributed by atoms with Crippen molar-refractivity contribution in [3.05, 3.63) is 30.1 Å². The van der Waals surface area contributed by atoms with E-state index in [-0.39, 0.29) is 11.9 Å². The van der Waals surface area contributed by atoms with Crippen molar-refractivity contribution in [3.8, 4) is 0 Å². The molecule has 0 radical (unpaired) electrons. The lowest BCUT2D eigenvalue weighted by Gasteiger charge is -2.36. The van der Waals surface area contributed by atoms with Crippen molar-refractivity contribution in [2.45, 2.75) is 57.5 Å².